The number of amides is 3. The molecule has 0 aliphatic carbocycles. The van der Waals surface area contributed by atoms with Gasteiger partial charge in [0.15, 0.2) is 0 Å². The Morgan fingerprint density at radius 3 is 2.63 bits per heavy atom. The maximum absolute atomic E-state index is 12.5. The van der Waals surface area contributed by atoms with Crippen LogP contribution in [0.25, 0.3) is 11.3 Å². The molecule has 6 nitrogen and oxygen atoms in total. The smallest absolute Gasteiger partial charge is 0.261 e. The van der Waals surface area contributed by atoms with Crippen LogP contribution in [0.1, 0.15) is 44.1 Å². The van der Waals surface area contributed by atoms with Crippen molar-refractivity contribution in [3.8, 4) is 11.3 Å². The molecule has 4 rings (SSSR count). The molecule has 0 bridgehead atoms. The van der Waals surface area contributed by atoms with Crippen LogP contribution in [0.4, 0.5) is 5.69 Å². The first-order valence-corrected chi connectivity index (χ1v) is 10.6. The first-order chi connectivity index (χ1) is 14.4. The van der Waals surface area contributed by atoms with Crippen molar-refractivity contribution in [3.05, 3.63) is 69.5 Å². The number of carbonyl (C=O) groups excluding carboxylic acids is 3. The average molecular weight is 420 g/mol. The van der Waals surface area contributed by atoms with Gasteiger partial charge in [-0.3, -0.25) is 19.3 Å². The molecule has 0 fully saturated rings. The van der Waals surface area contributed by atoms with Gasteiger partial charge in [-0.25, -0.2) is 4.98 Å². The minimum Gasteiger partial charge on any atom is -0.326 e. The van der Waals surface area contributed by atoms with E-state index < -0.39 is 0 Å². The fourth-order valence-corrected chi connectivity index (χ4v) is 4.10. The number of anilines is 1. The average Bonchev–Trinajstić information content (AvgIpc) is 3.25. The van der Waals surface area contributed by atoms with E-state index in [0.717, 1.165) is 21.8 Å². The largest absolute Gasteiger partial charge is 0.326 e. The first-order valence-electron chi connectivity index (χ1n) is 9.71. The Morgan fingerprint density at radius 1 is 1.07 bits per heavy atom. The zero-order chi connectivity index (χ0) is 21.3. The Morgan fingerprint density at radius 2 is 1.87 bits per heavy atom. The molecular formula is C23H21N3O3S. The fourth-order valence-electron chi connectivity index (χ4n) is 3.48. The number of imide groups is 1. The number of rotatable bonds is 6. The number of nitrogens with one attached hydrogen (secondary N) is 1. The van der Waals surface area contributed by atoms with Crippen molar-refractivity contribution in [1.29, 1.82) is 0 Å². The standard InChI is InChI=1S/C23H21N3O3S/c1-14-8-9-18-19(11-14)23(29)26(22(18)28)10-4-7-21(27)25-17-6-3-5-16(12-17)20-13-30-15(2)24-20/h3,5-6,8-9,11-13H,4,7,10H2,1-2H3,(H,25,27). The second-order valence-electron chi connectivity index (χ2n) is 7.30. The molecule has 0 radical (unpaired) electrons. The van der Waals surface area contributed by atoms with E-state index in [4.69, 9.17) is 0 Å². The molecule has 1 aliphatic rings. The van der Waals surface area contributed by atoms with E-state index in [9.17, 15) is 14.4 Å². The molecule has 0 saturated carbocycles. The summed E-state index contributed by atoms with van der Waals surface area (Å²) in [6, 6.07) is 12.8. The third-order valence-corrected chi connectivity index (χ3v) is 5.75. The SMILES string of the molecule is Cc1ccc2c(c1)C(=O)N(CCCC(=O)Nc1cccc(-c3csc(C)n3)c1)C2=O. The highest BCUT2D eigenvalue weighted by atomic mass is 32.1. The van der Waals surface area contributed by atoms with Gasteiger partial charge < -0.3 is 5.32 Å². The monoisotopic (exact) mass is 419 g/mol. The van der Waals surface area contributed by atoms with Crippen molar-refractivity contribution in [3.63, 3.8) is 0 Å². The summed E-state index contributed by atoms with van der Waals surface area (Å²) in [5.41, 5.74) is 4.33. The van der Waals surface area contributed by atoms with E-state index in [-0.39, 0.29) is 30.7 Å². The molecule has 0 atom stereocenters. The van der Waals surface area contributed by atoms with Crippen molar-refractivity contribution >= 4 is 34.7 Å². The van der Waals surface area contributed by atoms with Crippen molar-refractivity contribution in [2.45, 2.75) is 26.7 Å². The topological polar surface area (TPSA) is 79.4 Å². The van der Waals surface area contributed by atoms with Gasteiger partial charge in [-0.15, -0.1) is 11.3 Å². The summed E-state index contributed by atoms with van der Waals surface area (Å²) >= 11 is 1.58. The maximum atomic E-state index is 12.5. The van der Waals surface area contributed by atoms with Crippen LogP contribution in [0.5, 0.6) is 0 Å². The second-order valence-corrected chi connectivity index (χ2v) is 8.36. The predicted octanol–water partition coefficient (Wildman–Crippen LogP) is 4.44. The minimum absolute atomic E-state index is 0.158. The quantitative estimate of drug-likeness (QED) is 0.599. The summed E-state index contributed by atoms with van der Waals surface area (Å²) in [5, 5.41) is 5.85. The van der Waals surface area contributed by atoms with Crippen LogP contribution < -0.4 is 5.32 Å². The molecule has 3 amide bonds. The van der Waals surface area contributed by atoms with E-state index in [0.29, 0.717) is 23.2 Å². The Kier molecular flexibility index (Phi) is 5.46. The van der Waals surface area contributed by atoms with Crippen LogP contribution in [0.2, 0.25) is 0 Å². The highest BCUT2D eigenvalue weighted by Crippen LogP contribution is 2.25. The molecule has 2 heterocycles. The molecule has 3 aromatic rings. The van der Waals surface area contributed by atoms with Crippen LogP contribution in [-0.2, 0) is 4.79 Å². The number of hydrogen-bond donors (Lipinski definition) is 1. The van der Waals surface area contributed by atoms with Crippen LogP contribution in [0, 0.1) is 13.8 Å². The van der Waals surface area contributed by atoms with E-state index in [1.54, 1.807) is 23.5 Å². The van der Waals surface area contributed by atoms with Crippen molar-refractivity contribution < 1.29 is 14.4 Å². The van der Waals surface area contributed by atoms with Gasteiger partial charge in [-0.2, -0.15) is 0 Å². The summed E-state index contributed by atoms with van der Waals surface area (Å²) in [6.45, 7) is 4.06. The second kappa shape index (κ2) is 8.20. The molecule has 1 N–H and O–H groups in total. The number of aromatic nitrogens is 1. The van der Waals surface area contributed by atoms with Crippen LogP contribution in [-0.4, -0.2) is 34.2 Å². The Bertz CT molecular complexity index is 1150. The highest BCUT2D eigenvalue weighted by Gasteiger charge is 2.34. The van der Waals surface area contributed by atoms with E-state index in [1.165, 1.54) is 4.90 Å². The maximum Gasteiger partial charge on any atom is 0.261 e. The molecular weight excluding hydrogens is 398 g/mol. The van der Waals surface area contributed by atoms with E-state index in [2.05, 4.69) is 10.3 Å². The summed E-state index contributed by atoms with van der Waals surface area (Å²) in [7, 11) is 0. The lowest BCUT2D eigenvalue weighted by molar-refractivity contribution is -0.116. The van der Waals surface area contributed by atoms with Gasteiger partial charge >= 0.3 is 0 Å². The van der Waals surface area contributed by atoms with Gasteiger partial charge in [0, 0.05) is 29.6 Å². The Labute approximate surface area is 178 Å². The Balaban J connectivity index is 1.33. The lowest BCUT2D eigenvalue weighted by Crippen LogP contribution is -2.31. The van der Waals surface area contributed by atoms with E-state index in [1.807, 2.05) is 49.6 Å². The Hall–Kier alpha value is -3.32. The van der Waals surface area contributed by atoms with Gasteiger partial charge in [0.25, 0.3) is 11.8 Å². The molecule has 0 unspecified atom stereocenters. The number of benzene rings is 2. The third kappa shape index (κ3) is 4.02. The first kappa shape index (κ1) is 20.0. The number of hydrogen-bond acceptors (Lipinski definition) is 5. The third-order valence-electron chi connectivity index (χ3n) is 4.97. The highest BCUT2D eigenvalue weighted by molar-refractivity contribution is 7.09. The summed E-state index contributed by atoms with van der Waals surface area (Å²) in [6.07, 6.45) is 0.619. The van der Waals surface area contributed by atoms with Gasteiger partial charge in [-0.1, -0.05) is 23.8 Å². The number of nitrogens with zero attached hydrogens (tertiary/aromatic N) is 2. The van der Waals surface area contributed by atoms with Crippen molar-refractivity contribution in [2.24, 2.45) is 0 Å². The van der Waals surface area contributed by atoms with Gasteiger partial charge in [0.2, 0.25) is 5.91 Å². The van der Waals surface area contributed by atoms with Gasteiger partial charge in [0.05, 0.1) is 21.8 Å². The van der Waals surface area contributed by atoms with Crippen molar-refractivity contribution in [2.75, 3.05) is 11.9 Å². The summed E-state index contributed by atoms with van der Waals surface area (Å²) < 4.78 is 0. The number of carbonyl (C=O) groups is 3. The lowest BCUT2D eigenvalue weighted by Gasteiger charge is -2.13. The molecule has 1 aromatic heterocycles. The van der Waals surface area contributed by atoms with Crippen molar-refractivity contribution in [1.82, 2.24) is 9.88 Å². The molecule has 1 aliphatic heterocycles. The van der Waals surface area contributed by atoms with Gasteiger partial charge in [-0.05, 0) is 44.5 Å². The van der Waals surface area contributed by atoms with Crippen LogP contribution >= 0.6 is 11.3 Å². The predicted molar refractivity (Wildman–Crippen MR) is 117 cm³/mol. The molecule has 30 heavy (non-hydrogen) atoms. The molecule has 0 spiro atoms. The zero-order valence-corrected chi connectivity index (χ0v) is 17.6. The van der Waals surface area contributed by atoms with Gasteiger partial charge in [0.1, 0.15) is 0 Å². The van der Waals surface area contributed by atoms with Crippen LogP contribution in [0.3, 0.4) is 0 Å². The molecule has 0 saturated heterocycles. The number of fused-ring (bicyclic) bond motifs is 1. The fraction of sp³-hybridized carbons (Fsp3) is 0.217. The molecule has 2 aromatic carbocycles. The number of thiazole rings is 1. The molecule has 7 heteroatoms. The number of aryl methyl sites for hydroxylation is 2. The molecule has 152 valence electrons. The zero-order valence-electron chi connectivity index (χ0n) is 16.8. The summed E-state index contributed by atoms with van der Waals surface area (Å²) in [4.78, 5) is 43.0. The normalized spacial score (nSPS) is 12.9. The minimum atomic E-state index is -0.290. The lowest BCUT2D eigenvalue weighted by atomic mass is 10.1. The summed E-state index contributed by atoms with van der Waals surface area (Å²) in [5.74, 6) is -0.735. The van der Waals surface area contributed by atoms with E-state index >= 15 is 0 Å². The van der Waals surface area contributed by atoms with Crippen LogP contribution in [0.15, 0.2) is 47.8 Å².